The molecule has 0 aliphatic carbocycles. The van der Waals surface area contributed by atoms with Gasteiger partial charge in [-0.1, -0.05) is 0 Å². The highest BCUT2D eigenvalue weighted by atomic mass is 19.4. The van der Waals surface area contributed by atoms with E-state index in [0.29, 0.717) is 6.07 Å². The Labute approximate surface area is 166 Å². The van der Waals surface area contributed by atoms with E-state index in [0.717, 1.165) is 16.8 Å². The van der Waals surface area contributed by atoms with E-state index >= 15 is 0 Å². The van der Waals surface area contributed by atoms with E-state index in [2.05, 4.69) is 15.2 Å². The Balaban J connectivity index is 1.51. The molecule has 0 unspecified atom stereocenters. The number of nitrogens with zero attached hydrogens (tertiary/aromatic N) is 2. The highest BCUT2D eigenvalue weighted by molar-refractivity contribution is 6.02. The number of anilines is 1. The van der Waals surface area contributed by atoms with Crippen molar-refractivity contribution in [2.45, 2.75) is 19.5 Å². The molecule has 2 heterocycles. The minimum absolute atomic E-state index is 0.0887. The number of carbonyl (C=O) groups is 1. The molecule has 160 valence electrons. The normalized spacial score (nSPS) is 11.5. The molecule has 1 N–H and O–H groups in total. The zero-order valence-electron chi connectivity index (χ0n) is 15.1. The molecule has 0 aliphatic heterocycles. The van der Waals surface area contributed by atoms with Gasteiger partial charge >= 0.3 is 6.18 Å². The van der Waals surface area contributed by atoms with Crippen LogP contribution in [0.2, 0.25) is 0 Å². The second kappa shape index (κ2) is 8.95. The van der Waals surface area contributed by atoms with Crippen LogP contribution in [0.3, 0.4) is 0 Å². The molecule has 7 nitrogen and oxygen atoms in total. The Bertz CT molecular complexity index is 1020. The van der Waals surface area contributed by atoms with Crippen molar-refractivity contribution < 1.29 is 40.6 Å². The number of ether oxygens (including phenoxy) is 2. The van der Waals surface area contributed by atoms with Gasteiger partial charge < -0.3 is 19.2 Å². The Hall–Kier alpha value is -3.41. The summed E-state index contributed by atoms with van der Waals surface area (Å²) in [5.74, 6) is -2.33. The van der Waals surface area contributed by atoms with Crippen LogP contribution in [-0.2, 0) is 18.1 Å². The van der Waals surface area contributed by atoms with Crippen LogP contribution in [0.5, 0.6) is 5.75 Å². The van der Waals surface area contributed by atoms with Crippen LogP contribution in [0.1, 0.15) is 16.3 Å². The largest absolute Gasteiger partial charge is 0.483 e. The smallest absolute Gasteiger partial charge is 0.411 e. The molecule has 12 heteroatoms. The second-order valence-electron chi connectivity index (χ2n) is 5.94. The van der Waals surface area contributed by atoms with Gasteiger partial charge in [0.15, 0.2) is 17.3 Å². The van der Waals surface area contributed by atoms with Gasteiger partial charge in [0.25, 0.3) is 5.91 Å². The summed E-state index contributed by atoms with van der Waals surface area (Å²) in [4.78, 5) is 12.2. The SMILES string of the molecule is O=C(Nc1cnn(COCC(F)(F)F)c1)c1ccc(COc2ccc(F)cc2F)o1. The lowest BCUT2D eigenvalue weighted by molar-refractivity contribution is -0.182. The summed E-state index contributed by atoms with van der Waals surface area (Å²) in [5.41, 5.74) is 0.207. The Morgan fingerprint density at radius 2 is 2.00 bits per heavy atom. The molecular weight excluding hydrogens is 417 g/mol. The Morgan fingerprint density at radius 3 is 2.73 bits per heavy atom. The van der Waals surface area contributed by atoms with Gasteiger partial charge in [0.1, 0.15) is 31.5 Å². The molecule has 30 heavy (non-hydrogen) atoms. The van der Waals surface area contributed by atoms with Gasteiger partial charge in [-0.25, -0.2) is 13.5 Å². The summed E-state index contributed by atoms with van der Waals surface area (Å²) in [5, 5.41) is 6.21. The van der Waals surface area contributed by atoms with Crippen LogP contribution in [0, 0.1) is 11.6 Å². The van der Waals surface area contributed by atoms with Crippen LogP contribution in [0.15, 0.2) is 47.1 Å². The third-order valence-corrected chi connectivity index (χ3v) is 3.53. The summed E-state index contributed by atoms with van der Waals surface area (Å²) >= 11 is 0. The number of hydrogen-bond acceptors (Lipinski definition) is 5. The van der Waals surface area contributed by atoms with Crippen molar-refractivity contribution in [2.75, 3.05) is 11.9 Å². The number of rotatable bonds is 8. The van der Waals surface area contributed by atoms with E-state index in [1.807, 2.05) is 0 Å². The average Bonchev–Trinajstić information content (AvgIpc) is 3.29. The number of alkyl halides is 3. The fourth-order valence-electron chi connectivity index (χ4n) is 2.26. The maximum atomic E-state index is 13.5. The van der Waals surface area contributed by atoms with Crippen LogP contribution < -0.4 is 10.1 Å². The van der Waals surface area contributed by atoms with Crippen LogP contribution in [0.4, 0.5) is 27.6 Å². The fraction of sp³-hybridized carbons (Fsp3) is 0.222. The van der Waals surface area contributed by atoms with Crippen molar-refractivity contribution in [3.8, 4) is 5.75 Å². The lowest BCUT2D eigenvalue weighted by Crippen LogP contribution is -2.18. The third-order valence-electron chi connectivity index (χ3n) is 3.53. The van der Waals surface area contributed by atoms with Crippen molar-refractivity contribution >= 4 is 11.6 Å². The quantitative estimate of drug-likeness (QED) is 0.543. The Kier molecular flexibility index (Phi) is 6.35. The highest BCUT2D eigenvalue weighted by Gasteiger charge is 2.27. The summed E-state index contributed by atoms with van der Waals surface area (Å²) in [6.07, 6.45) is -1.95. The van der Waals surface area contributed by atoms with Gasteiger partial charge in [-0.3, -0.25) is 4.79 Å². The minimum Gasteiger partial charge on any atom is -0.483 e. The summed E-state index contributed by atoms with van der Waals surface area (Å²) in [6.45, 7) is -2.07. The molecule has 1 aromatic carbocycles. The predicted octanol–water partition coefficient (Wildman–Crippen LogP) is 4.12. The van der Waals surface area contributed by atoms with E-state index in [1.165, 1.54) is 24.5 Å². The summed E-state index contributed by atoms with van der Waals surface area (Å²) in [7, 11) is 0. The molecule has 0 saturated heterocycles. The topological polar surface area (TPSA) is 78.5 Å². The first kappa shape index (κ1) is 21.3. The predicted molar refractivity (Wildman–Crippen MR) is 91.6 cm³/mol. The molecule has 3 aromatic rings. The zero-order chi connectivity index (χ0) is 21.7. The summed E-state index contributed by atoms with van der Waals surface area (Å²) in [6, 6.07) is 5.62. The first-order valence-corrected chi connectivity index (χ1v) is 8.34. The summed E-state index contributed by atoms with van der Waals surface area (Å²) < 4.78 is 78.6. The standard InChI is InChI=1S/C18H14F5N3O4/c19-11-1-3-15(14(20)5-11)29-8-13-2-4-16(30-13)17(27)25-12-6-24-26(7-12)10-28-9-18(21,22)23/h1-7H,8-10H2,(H,25,27). The van der Waals surface area contributed by atoms with Gasteiger partial charge in [0.05, 0.1) is 18.1 Å². The lowest BCUT2D eigenvalue weighted by atomic mass is 10.3. The number of furan rings is 1. The van der Waals surface area contributed by atoms with Gasteiger partial charge in [-0.05, 0) is 24.3 Å². The van der Waals surface area contributed by atoms with Crippen molar-refractivity contribution in [3.05, 3.63) is 65.9 Å². The monoisotopic (exact) mass is 431 g/mol. The van der Waals surface area contributed by atoms with Crippen molar-refractivity contribution in [2.24, 2.45) is 0 Å². The molecule has 3 rings (SSSR count). The van der Waals surface area contributed by atoms with Gasteiger partial charge in [-0.2, -0.15) is 18.3 Å². The molecule has 0 saturated carbocycles. The number of aromatic nitrogens is 2. The maximum Gasteiger partial charge on any atom is 0.411 e. The van der Waals surface area contributed by atoms with E-state index in [1.54, 1.807) is 0 Å². The average molecular weight is 431 g/mol. The van der Waals surface area contributed by atoms with Gasteiger partial charge in [0, 0.05) is 6.07 Å². The van der Waals surface area contributed by atoms with Crippen molar-refractivity contribution in [1.29, 1.82) is 0 Å². The third kappa shape index (κ3) is 6.04. The number of hydrogen-bond donors (Lipinski definition) is 1. The van der Waals surface area contributed by atoms with Crippen LogP contribution in [0.25, 0.3) is 0 Å². The minimum atomic E-state index is -4.45. The van der Waals surface area contributed by atoms with Crippen molar-refractivity contribution in [3.63, 3.8) is 0 Å². The van der Waals surface area contributed by atoms with E-state index < -0.39 is 37.1 Å². The molecule has 1 amide bonds. The van der Waals surface area contributed by atoms with Gasteiger partial charge in [-0.15, -0.1) is 0 Å². The Morgan fingerprint density at radius 1 is 1.20 bits per heavy atom. The number of nitrogens with one attached hydrogen (secondary N) is 1. The van der Waals surface area contributed by atoms with Gasteiger partial charge in [0.2, 0.25) is 0 Å². The van der Waals surface area contributed by atoms with E-state index in [4.69, 9.17) is 9.15 Å². The van der Waals surface area contributed by atoms with Crippen molar-refractivity contribution in [1.82, 2.24) is 9.78 Å². The highest BCUT2D eigenvalue weighted by Crippen LogP contribution is 2.20. The zero-order valence-corrected chi connectivity index (χ0v) is 15.1. The van der Waals surface area contributed by atoms with E-state index in [-0.39, 0.29) is 29.6 Å². The number of benzene rings is 1. The lowest BCUT2D eigenvalue weighted by Gasteiger charge is -2.07. The molecule has 2 aromatic heterocycles. The molecule has 0 bridgehead atoms. The number of carbonyl (C=O) groups excluding carboxylic acids is 1. The number of halogens is 5. The molecule has 0 aliphatic rings. The molecule has 0 fully saturated rings. The molecule has 0 radical (unpaired) electrons. The molecular formula is C18H14F5N3O4. The number of amides is 1. The first-order valence-electron chi connectivity index (χ1n) is 8.34. The van der Waals surface area contributed by atoms with E-state index in [9.17, 15) is 26.7 Å². The molecule has 0 spiro atoms. The van der Waals surface area contributed by atoms with Crippen LogP contribution in [-0.4, -0.2) is 28.5 Å². The fourth-order valence-corrected chi connectivity index (χ4v) is 2.26. The first-order chi connectivity index (χ1) is 14.2. The molecule has 0 atom stereocenters. The second-order valence-corrected chi connectivity index (χ2v) is 5.94. The van der Waals surface area contributed by atoms with Crippen LogP contribution >= 0.6 is 0 Å². The maximum absolute atomic E-state index is 13.5.